The number of halogens is 4. The van der Waals surface area contributed by atoms with Crippen LogP contribution in [0.3, 0.4) is 0 Å². The summed E-state index contributed by atoms with van der Waals surface area (Å²) in [4.78, 5) is 15.6. The van der Waals surface area contributed by atoms with Crippen molar-refractivity contribution in [2.24, 2.45) is 5.92 Å². The summed E-state index contributed by atoms with van der Waals surface area (Å²) in [5.41, 5.74) is 1.41. The number of para-hydroxylation sites is 1. The van der Waals surface area contributed by atoms with Gasteiger partial charge in [0.2, 0.25) is 5.91 Å². The molecule has 9 heteroatoms. The second-order valence-electron chi connectivity index (χ2n) is 9.91. The van der Waals surface area contributed by atoms with Crippen molar-refractivity contribution in [1.29, 1.82) is 0 Å². The van der Waals surface area contributed by atoms with Crippen molar-refractivity contribution in [1.82, 2.24) is 10.2 Å². The Balaban J connectivity index is 0.00000304. The number of amides is 1. The fourth-order valence-corrected chi connectivity index (χ4v) is 6.34. The molecule has 0 radical (unpaired) electrons. The van der Waals surface area contributed by atoms with Crippen LogP contribution in [0.1, 0.15) is 42.7 Å². The van der Waals surface area contributed by atoms with Gasteiger partial charge in [-0.15, -0.1) is 0 Å². The predicted molar refractivity (Wildman–Crippen MR) is 126 cm³/mol. The minimum Gasteiger partial charge on any atom is -1.00 e. The lowest BCUT2D eigenvalue weighted by molar-refractivity contribution is -0.161. The van der Waals surface area contributed by atoms with Crippen LogP contribution < -0.4 is 27.2 Å². The molecule has 2 saturated heterocycles. The lowest BCUT2D eigenvalue weighted by Crippen LogP contribution is -3.00. The molecule has 1 N–H and O–H groups in total. The molecule has 2 aromatic carbocycles. The van der Waals surface area contributed by atoms with E-state index in [4.69, 9.17) is 9.47 Å². The van der Waals surface area contributed by atoms with Gasteiger partial charge in [0.05, 0.1) is 26.1 Å². The molecular weight excluding hydrogens is 493 g/mol. The summed E-state index contributed by atoms with van der Waals surface area (Å²) in [6, 6.07) is 14.5. The molecule has 0 unspecified atom stereocenters. The van der Waals surface area contributed by atoms with E-state index in [0.717, 1.165) is 11.1 Å². The summed E-state index contributed by atoms with van der Waals surface area (Å²) in [6.45, 7) is 1.78. The van der Waals surface area contributed by atoms with Gasteiger partial charge < -0.3 is 32.1 Å². The van der Waals surface area contributed by atoms with E-state index in [1.54, 1.807) is 7.11 Å². The minimum atomic E-state index is -4.34. The average molecular weight is 524 g/mol. The Bertz CT molecular complexity index is 1070. The van der Waals surface area contributed by atoms with Gasteiger partial charge in [0.25, 0.3) is 0 Å². The standard InChI is InChI=1S/C27H31F3N2O3.ClH/c1-34-23-9-5-8-21-24(23)35-13-11-26(21)17-31-16-22(26)25(33)32-12-10-19(18-6-3-2-4-7-18)14-20(32)15-27(28,29)30;/h2-9,19-20,22,31H,10-17H2,1H3;1H/p-1/t19-,20+,22+,26+;/m1./s1. The number of benzene rings is 2. The third kappa shape index (κ3) is 4.90. The molecule has 1 spiro atoms. The number of hydrogen-bond acceptors (Lipinski definition) is 4. The van der Waals surface area contributed by atoms with E-state index in [1.807, 2.05) is 48.5 Å². The lowest BCUT2D eigenvalue weighted by Gasteiger charge is -2.45. The molecule has 196 valence electrons. The fraction of sp³-hybridized carbons (Fsp3) is 0.519. The topological polar surface area (TPSA) is 50.8 Å². The molecule has 36 heavy (non-hydrogen) atoms. The van der Waals surface area contributed by atoms with E-state index in [0.29, 0.717) is 57.0 Å². The van der Waals surface area contributed by atoms with E-state index in [9.17, 15) is 18.0 Å². The van der Waals surface area contributed by atoms with Crippen LogP contribution in [0, 0.1) is 5.92 Å². The molecular formula is C27H31ClF3N2O3-. The Labute approximate surface area is 215 Å². The van der Waals surface area contributed by atoms with Crippen LogP contribution in [0.25, 0.3) is 0 Å². The number of ether oxygens (including phenoxy) is 2. The quantitative estimate of drug-likeness (QED) is 0.662. The van der Waals surface area contributed by atoms with Crippen LogP contribution >= 0.6 is 0 Å². The third-order valence-electron chi connectivity index (χ3n) is 8.02. The molecule has 0 saturated carbocycles. The van der Waals surface area contributed by atoms with Crippen LogP contribution in [0.15, 0.2) is 48.5 Å². The molecule has 0 bridgehead atoms. The van der Waals surface area contributed by atoms with E-state index in [-0.39, 0.29) is 24.2 Å². The number of nitrogens with one attached hydrogen (secondary N) is 1. The molecule has 4 atom stereocenters. The van der Waals surface area contributed by atoms with Gasteiger partial charge in [-0.1, -0.05) is 42.5 Å². The molecule has 2 aromatic rings. The normalized spacial score (nSPS) is 27.7. The molecule has 5 nitrogen and oxygen atoms in total. The second kappa shape index (κ2) is 10.5. The van der Waals surface area contributed by atoms with E-state index in [1.165, 1.54) is 4.90 Å². The Kier molecular flexibility index (Phi) is 7.76. The number of alkyl halides is 3. The van der Waals surface area contributed by atoms with Crippen molar-refractivity contribution in [2.45, 2.75) is 49.2 Å². The van der Waals surface area contributed by atoms with Gasteiger partial charge in [0.15, 0.2) is 11.5 Å². The molecule has 1 amide bonds. The monoisotopic (exact) mass is 523 g/mol. The van der Waals surface area contributed by atoms with Crippen molar-refractivity contribution in [3.63, 3.8) is 0 Å². The number of piperidine rings is 1. The molecule has 0 aliphatic carbocycles. The van der Waals surface area contributed by atoms with Crippen molar-refractivity contribution >= 4 is 5.91 Å². The van der Waals surface area contributed by atoms with Gasteiger partial charge >= 0.3 is 6.18 Å². The summed E-state index contributed by atoms with van der Waals surface area (Å²) in [5, 5.41) is 3.36. The van der Waals surface area contributed by atoms with Crippen LogP contribution in [-0.4, -0.2) is 56.4 Å². The Morgan fingerprint density at radius 3 is 2.69 bits per heavy atom. The summed E-state index contributed by atoms with van der Waals surface area (Å²) in [6.07, 6.45) is -3.73. The van der Waals surface area contributed by atoms with E-state index < -0.39 is 30.0 Å². The van der Waals surface area contributed by atoms with Crippen LogP contribution in [0.5, 0.6) is 11.5 Å². The van der Waals surface area contributed by atoms with Crippen molar-refractivity contribution in [3.8, 4) is 11.5 Å². The number of methoxy groups -OCH3 is 1. The van der Waals surface area contributed by atoms with Gasteiger partial charge in [-0.2, -0.15) is 13.2 Å². The van der Waals surface area contributed by atoms with Gasteiger partial charge in [-0.25, -0.2) is 0 Å². The highest BCUT2D eigenvalue weighted by Gasteiger charge is 2.53. The number of fused-ring (bicyclic) bond motifs is 2. The predicted octanol–water partition coefficient (Wildman–Crippen LogP) is 1.67. The number of rotatable bonds is 4. The Morgan fingerprint density at radius 2 is 1.97 bits per heavy atom. The van der Waals surface area contributed by atoms with Crippen molar-refractivity contribution in [2.75, 3.05) is 33.4 Å². The maximum Gasteiger partial charge on any atom is 0.391 e. The molecule has 0 aromatic heterocycles. The highest BCUT2D eigenvalue weighted by molar-refractivity contribution is 5.82. The van der Waals surface area contributed by atoms with Gasteiger partial charge in [-0.05, 0) is 36.8 Å². The zero-order chi connectivity index (χ0) is 24.6. The zero-order valence-corrected chi connectivity index (χ0v) is 20.9. The fourth-order valence-electron chi connectivity index (χ4n) is 6.34. The SMILES string of the molecule is COc1cccc2c1OCC[C@]21CNC[C@H]1C(=O)N1CC[C@@H](c2ccccc2)C[C@H]1CC(F)(F)F.[Cl-]. The van der Waals surface area contributed by atoms with Gasteiger partial charge in [0, 0.05) is 36.7 Å². The number of carbonyl (C=O) groups excluding carboxylic acids is 1. The highest BCUT2D eigenvalue weighted by Crippen LogP contribution is 2.50. The van der Waals surface area contributed by atoms with Crippen LogP contribution in [0.4, 0.5) is 13.2 Å². The first-order valence-electron chi connectivity index (χ1n) is 12.3. The van der Waals surface area contributed by atoms with Crippen molar-refractivity contribution in [3.05, 3.63) is 59.7 Å². The summed E-state index contributed by atoms with van der Waals surface area (Å²) < 4.78 is 52.3. The summed E-state index contributed by atoms with van der Waals surface area (Å²) in [5.74, 6) is 0.611. The van der Waals surface area contributed by atoms with Gasteiger partial charge in [0.1, 0.15) is 0 Å². The molecule has 2 fully saturated rings. The molecule has 3 heterocycles. The van der Waals surface area contributed by atoms with Crippen LogP contribution in [0.2, 0.25) is 0 Å². The first kappa shape index (κ1) is 26.6. The minimum absolute atomic E-state index is 0. The maximum absolute atomic E-state index is 14.0. The first-order chi connectivity index (χ1) is 16.8. The second-order valence-corrected chi connectivity index (χ2v) is 9.91. The number of likely N-dealkylation sites (tertiary alicyclic amines) is 1. The number of carbonyl (C=O) groups is 1. The maximum atomic E-state index is 14.0. The Hall–Kier alpha value is -2.45. The van der Waals surface area contributed by atoms with Gasteiger partial charge in [-0.3, -0.25) is 4.79 Å². The first-order valence-corrected chi connectivity index (χ1v) is 12.3. The van der Waals surface area contributed by atoms with E-state index in [2.05, 4.69) is 5.32 Å². The number of hydrogen-bond donors (Lipinski definition) is 1. The lowest BCUT2D eigenvalue weighted by atomic mass is 9.68. The van der Waals surface area contributed by atoms with E-state index >= 15 is 0 Å². The average Bonchev–Trinajstić information content (AvgIpc) is 3.27. The molecule has 5 rings (SSSR count). The Morgan fingerprint density at radius 1 is 1.19 bits per heavy atom. The number of nitrogens with zero attached hydrogens (tertiary/aromatic N) is 1. The summed E-state index contributed by atoms with van der Waals surface area (Å²) >= 11 is 0. The van der Waals surface area contributed by atoms with Crippen molar-refractivity contribution < 1.29 is 39.8 Å². The molecule has 3 aliphatic rings. The summed E-state index contributed by atoms with van der Waals surface area (Å²) in [7, 11) is 1.58. The largest absolute Gasteiger partial charge is 1.00 e. The zero-order valence-electron chi connectivity index (χ0n) is 20.2. The third-order valence-corrected chi connectivity index (χ3v) is 8.02. The highest BCUT2D eigenvalue weighted by atomic mass is 35.5. The molecule has 3 aliphatic heterocycles. The smallest absolute Gasteiger partial charge is 0.391 e. The van der Waals surface area contributed by atoms with Crippen LogP contribution in [-0.2, 0) is 10.2 Å².